The molecule has 1 aromatic rings. The Hall–Kier alpha value is -1.39. The second kappa shape index (κ2) is 5.50. The molecule has 1 unspecified atom stereocenters. The number of nitrogens with zero attached hydrogens (tertiary/aromatic N) is 1. The standard InChI is InChI=1S/C14H20N4/c1-2-4-13-12(3-1)10-17-14(18-13)16-9-11-5-7-15-8-6-11/h1-4,10-11,14-16,18H,5-9H2. The lowest BCUT2D eigenvalue weighted by atomic mass is 9.98. The van der Waals surface area contributed by atoms with Crippen molar-refractivity contribution in [1.29, 1.82) is 0 Å². The lowest BCUT2D eigenvalue weighted by molar-refractivity contribution is 0.347. The Labute approximate surface area is 108 Å². The summed E-state index contributed by atoms with van der Waals surface area (Å²) < 4.78 is 0. The number of fused-ring (bicyclic) bond motifs is 1. The van der Waals surface area contributed by atoms with Gasteiger partial charge in [-0.25, -0.2) is 0 Å². The Morgan fingerprint density at radius 3 is 2.94 bits per heavy atom. The molecule has 1 atom stereocenters. The first-order valence-electron chi connectivity index (χ1n) is 6.75. The van der Waals surface area contributed by atoms with Gasteiger partial charge in [-0.3, -0.25) is 10.3 Å². The van der Waals surface area contributed by atoms with Gasteiger partial charge in [0.1, 0.15) is 0 Å². The number of para-hydroxylation sites is 1. The molecule has 0 bridgehead atoms. The van der Waals surface area contributed by atoms with E-state index in [0.29, 0.717) is 0 Å². The van der Waals surface area contributed by atoms with E-state index >= 15 is 0 Å². The summed E-state index contributed by atoms with van der Waals surface area (Å²) in [6.45, 7) is 3.34. The van der Waals surface area contributed by atoms with Crippen LogP contribution in [0.2, 0.25) is 0 Å². The Balaban J connectivity index is 1.53. The minimum absolute atomic E-state index is 0.0229. The SMILES string of the molecule is C1=NC(NCC2CCNCC2)Nc2ccccc21. The van der Waals surface area contributed by atoms with Gasteiger partial charge in [0.15, 0.2) is 6.29 Å². The largest absolute Gasteiger partial charge is 0.351 e. The van der Waals surface area contributed by atoms with Crippen LogP contribution in [0, 0.1) is 5.92 Å². The number of piperidine rings is 1. The molecular formula is C14H20N4. The topological polar surface area (TPSA) is 48.5 Å². The third-order valence-corrected chi connectivity index (χ3v) is 3.67. The Morgan fingerprint density at radius 1 is 1.22 bits per heavy atom. The van der Waals surface area contributed by atoms with Crippen LogP contribution in [0.4, 0.5) is 5.69 Å². The van der Waals surface area contributed by atoms with E-state index in [1.807, 2.05) is 12.3 Å². The lowest BCUT2D eigenvalue weighted by Crippen LogP contribution is -2.41. The van der Waals surface area contributed by atoms with Crippen LogP contribution in [-0.4, -0.2) is 32.1 Å². The predicted molar refractivity (Wildman–Crippen MR) is 75.0 cm³/mol. The van der Waals surface area contributed by atoms with E-state index in [1.54, 1.807) is 0 Å². The molecule has 0 spiro atoms. The van der Waals surface area contributed by atoms with Crippen molar-refractivity contribution in [3.63, 3.8) is 0 Å². The van der Waals surface area contributed by atoms with Crippen LogP contribution in [0.25, 0.3) is 0 Å². The predicted octanol–water partition coefficient (Wildman–Crippen LogP) is 1.40. The van der Waals surface area contributed by atoms with E-state index < -0.39 is 0 Å². The van der Waals surface area contributed by atoms with Gasteiger partial charge in [-0.15, -0.1) is 0 Å². The highest BCUT2D eigenvalue weighted by molar-refractivity contribution is 5.89. The molecule has 0 amide bonds. The highest BCUT2D eigenvalue weighted by atomic mass is 15.3. The first-order chi connectivity index (χ1) is 8.92. The molecule has 1 saturated heterocycles. The van der Waals surface area contributed by atoms with Gasteiger partial charge in [0.25, 0.3) is 0 Å². The summed E-state index contributed by atoms with van der Waals surface area (Å²) in [5.41, 5.74) is 2.33. The van der Waals surface area contributed by atoms with Crippen LogP contribution >= 0.6 is 0 Å². The first kappa shape index (κ1) is 11.7. The van der Waals surface area contributed by atoms with E-state index in [1.165, 1.54) is 12.8 Å². The van der Waals surface area contributed by atoms with Gasteiger partial charge in [-0.05, 0) is 37.9 Å². The molecule has 2 aliphatic heterocycles. The Kier molecular flexibility index (Phi) is 3.57. The molecule has 1 aromatic carbocycles. The molecule has 0 aromatic heterocycles. The summed E-state index contributed by atoms with van der Waals surface area (Å²) >= 11 is 0. The Morgan fingerprint density at radius 2 is 2.06 bits per heavy atom. The van der Waals surface area contributed by atoms with Crippen molar-refractivity contribution < 1.29 is 0 Å². The van der Waals surface area contributed by atoms with Gasteiger partial charge in [0.2, 0.25) is 0 Å². The second-order valence-corrected chi connectivity index (χ2v) is 5.01. The highest BCUT2D eigenvalue weighted by Crippen LogP contribution is 2.18. The summed E-state index contributed by atoms with van der Waals surface area (Å²) in [4.78, 5) is 4.49. The maximum atomic E-state index is 4.49. The minimum atomic E-state index is 0.0229. The van der Waals surface area contributed by atoms with Crippen LogP contribution in [0.1, 0.15) is 18.4 Å². The monoisotopic (exact) mass is 244 g/mol. The van der Waals surface area contributed by atoms with E-state index in [9.17, 15) is 0 Å². The fourth-order valence-electron chi connectivity index (χ4n) is 2.55. The molecule has 4 heteroatoms. The molecule has 3 N–H and O–H groups in total. The van der Waals surface area contributed by atoms with Gasteiger partial charge in [0, 0.05) is 24.0 Å². The number of nitrogens with one attached hydrogen (secondary N) is 3. The van der Waals surface area contributed by atoms with Crippen molar-refractivity contribution in [3.8, 4) is 0 Å². The van der Waals surface area contributed by atoms with E-state index in [-0.39, 0.29) is 6.29 Å². The third kappa shape index (κ3) is 2.71. The van der Waals surface area contributed by atoms with Crippen molar-refractivity contribution in [3.05, 3.63) is 29.8 Å². The minimum Gasteiger partial charge on any atom is -0.351 e. The summed E-state index contributed by atoms with van der Waals surface area (Å²) in [5, 5.41) is 10.3. The van der Waals surface area contributed by atoms with Gasteiger partial charge in [-0.1, -0.05) is 18.2 Å². The number of anilines is 1. The summed E-state index contributed by atoms with van der Waals surface area (Å²) in [5.74, 6) is 0.778. The zero-order valence-corrected chi connectivity index (χ0v) is 10.5. The maximum Gasteiger partial charge on any atom is 0.173 e. The van der Waals surface area contributed by atoms with Crippen molar-refractivity contribution in [1.82, 2.24) is 10.6 Å². The van der Waals surface area contributed by atoms with Crippen LogP contribution in [0.5, 0.6) is 0 Å². The van der Waals surface area contributed by atoms with Crippen LogP contribution in [0.3, 0.4) is 0 Å². The summed E-state index contributed by atoms with van der Waals surface area (Å²) in [6.07, 6.45) is 4.50. The van der Waals surface area contributed by atoms with E-state index in [4.69, 9.17) is 0 Å². The molecular weight excluding hydrogens is 224 g/mol. The van der Waals surface area contributed by atoms with Crippen molar-refractivity contribution in [2.24, 2.45) is 10.9 Å². The van der Waals surface area contributed by atoms with Gasteiger partial charge < -0.3 is 10.6 Å². The average molecular weight is 244 g/mol. The maximum absolute atomic E-state index is 4.49. The second-order valence-electron chi connectivity index (χ2n) is 5.01. The highest BCUT2D eigenvalue weighted by Gasteiger charge is 2.16. The number of hydrogen-bond donors (Lipinski definition) is 3. The fraction of sp³-hybridized carbons (Fsp3) is 0.500. The lowest BCUT2D eigenvalue weighted by Gasteiger charge is -2.27. The number of rotatable bonds is 3. The zero-order valence-electron chi connectivity index (χ0n) is 10.5. The summed E-state index contributed by atoms with van der Waals surface area (Å²) in [7, 11) is 0. The molecule has 0 radical (unpaired) electrons. The third-order valence-electron chi connectivity index (χ3n) is 3.67. The first-order valence-corrected chi connectivity index (χ1v) is 6.75. The molecule has 0 aliphatic carbocycles. The smallest absolute Gasteiger partial charge is 0.173 e. The van der Waals surface area contributed by atoms with E-state index in [2.05, 4.69) is 39.1 Å². The van der Waals surface area contributed by atoms with Gasteiger partial charge in [0.05, 0.1) is 0 Å². The molecule has 1 fully saturated rings. The molecule has 2 aliphatic rings. The normalized spacial score (nSPS) is 23.4. The van der Waals surface area contributed by atoms with Crippen LogP contribution in [0.15, 0.2) is 29.3 Å². The van der Waals surface area contributed by atoms with Gasteiger partial charge >= 0.3 is 0 Å². The van der Waals surface area contributed by atoms with Gasteiger partial charge in [-0.2, -0.15) is 0 Å². The quantitative estimate of drug-likeness (QED) is 0.753. The molecule has 0 saturated carbocycles. The molecule has 18 heavy (non-hydrogen) atoms. The Bertz CT molecular complexity index is 424. The molecule has 4 nitrogen and oxygen atoms in total. The zero-order chi connectivity index (χ0) is 12.2. The summed E-state index contributed by atoms with van der Waals surface area (Å²) in [6, 6.07) is 8.26. The van der Waals surface area contributed by atoms with Crippen molar-refractivity contribution in [2.45, 2.75) is 19.1 Å². The average Bonchev–Trinajstić information content (AvgIpc) is 2.46. The molecule has 96 valence electrons. The number of benzene rings is 1. The number of aliphatic imine (C=N–C) groups is 1. The number of hydrogen-bond acceptors (Lipinski definition) is 4. The molecule has 3 rings (SSSR count). The van der Waals surface area contributed by atoms with Crippen LogP contribution in [-0.2, 0) is 0 Å². The van der Waals surface area contributed by atoms with Crippen molar-refractivity contribution >= 4 is 11.9 Å². The van der Waals surface area contributed by atoms with Crippen molar-refractivity contribution in [2.75, 3.05) is 25.0 Å². The fourth-order valence-corrected chi connectivity index (χ4v) is 2.55. The molecule has 2 heterocycles. The van der Waals surface area contributed by atoms with E-state index in [0.717, 1.165) is 36.8 Å². The van der Waals surface area contributed by atoms with Crippen LogP contribution < -0.4 is 16.0 Å².